The van der Waals surface area contributed by atoms with Crippen molar-refractivity contribution in [2.75, 3.05) is 38.3 Å². The van der Waals surface area contributed by atoms with Crippen LogP contribution in [-0.2, 0) is 11.3 Å². The molecular formula is C25H25N5O4S. The largest absolute Gasteiger partial charge is 0.454 e. The first-order valence-corrected chi connectivity index (χ1v) is 12.2. The first kappa shape index (κ1) is 22.0. The maximum atomic E-state index is 13.0. The van der Waals surface area contributed by atoms with Crippen LogP contribution in [-0.4, -0.2) is 70.2 Å². The Labute approximate surface area is 207 Å². The number of nitrogens with one attached hydrogen (secondary N) is 1. The molecule has 3 aliphatic heterocycles. The van der Waals surface area contributed by atoms with Gasteiger partial charge in [-0.05, 0) is 48.5 Å². The number of ether oxygens (including phenoxy) is 2. The van der Waals surface area contributed by atoms with Gasteiger partial charge in [0.2, 0.25) is 17.5 Å². The molecule has 0 spiro atoms. The van der Waals surface area contributed by atoms with Crippen LogP contribution in [0.15, 0.2) is 42.5 Å². The maximum Gasteiger partial charge on any atom is 0.257 e. The fourth-order valence-electron chi connectivity index (χ4n) is 4.94. The monoisotopic (exact) mass is 491 g/mol. The maximum absolute atomic E-state index is 13.0. The van der Waals surface area contributed by atoms with Gasteiger partial charge < -0.3 is 19.7 Å². The molecule has 1 N–H and O–H groups in total. The molecule has 6 rings (SSSR count). The van der Waals surface area contributed by atoms with E-state index in [4.69, 9.17) is 21.7 Å². The third-order valence-electron chi connectivity index (χ3n) is 6.83. The third-order valence-corrected chi connectivity index (χ3v) is 7.11. The van der Waals surface area contributed by atoms with Crippen molar-refractivity contribution in [3.63, 3.8) is 0 Å². The number of benzene rings is 2. The fourth-order valence-corrected chi connectivity index (χ4v) is 5.22. The van der Waals surface area contributed by atoms with Crippen LogP contribution in [0.1, 0.15) is 23.2 Å². The molecular weight excluding hydrogens is 466 g/mol. The molecule has 1 fully saturated rings. The van der Waals surface area contributed by atoms with Crippen molar-refractivity contribution in [2.24, 2.45) is 0 Å². The van der Waals surface area contributed by atoms with Crippen molar-refractivity contribution in [1.29, 1.82) is 0 Å². The lowest BCUT2D eigenvalue weighted by Crippen LogP contribution is -2.48. The van der Waals surface area contributed by atoms with Gasteiger partial charge in [0.05, 0.1) is 5.52 Å². The molecule has 0 bridgehead atoms. The van der Waals surface area contributed by atoms with E-state index in [-0.39, 0.29) is 23.4 Å². The zero-order chi connectivity index (χ0) is 23.9. The Morgan fingerprint density at radius 1 is 1.09 bits per heavy atom. The number of nitrogens with zero attached hydrogens (tertiary/aromatic N) is 4. The number of carbonyl (C=O) groups excluding carboxylic acids is 2. The Balaban J connectivity index is 1.03. The number of aromatic nitrogens is 2. The molecule has 0 unspecified atom stereocenters. The number of anilines is 1. The van der Waals surface area contributed by atoms with Gasteiger partial charge in [0.15, 0.2) is 11.5 Å². The summed E-state index contributed by atoms with van der Waals surface area (Å²) < 4.78 is 12.5. The topological polar surface area (TPSA) is 88.9 Å². The highest BCUT2D eigenvalue weighted by Gasteiger charge is 2.33. The number of fused-ring (bicyclic) bond motifs is 4. The van der Waals surface area contributed by atoms with Gasteiger partial charge in [-0.3, -0.25) is 14.5 Å². The summed E-state index contributed by atoms with van der Waals surface area (Å²) in [5.41, 5.74) is 1.92. The smallest absolute Gasteiger partial charge is 0.257 e. The molecule has 4 heterocycles. The standard InChI is InChI=1S/C25H25N5O4S/c31-22(29-11-9-28(10-12-29)14-16-5-7-20-21(13-16)34-15-33-20)8-6-19-24(32)30-23(26-19)17-3-1-2-4-18(17)27-25(30)35/h1-5,7,13,19,26H,6,8-12,14-15H2/t19-/m0/s1. The summed E-state index contributed by atoms with van der Waals surface area (Å²) in [4.78, 5) is 34.5. The molecule has 35 heavy (non-hydrogen) atoms. The lowest BCUT2D eigenvalue weighted by molar-refractivity contribution is -0.133. The van der Waals surface area contributed by atoms with Crippen LogP contribution in [0.25, 0.3) is 10.9 Å². The van der Waals surface area contributed by atoms with Gasteiger partial charge in [0, 0.05) is 44.5 Å². The number of rotatable bonds is 5. The van der Waals surface area contributed by atoms with Crippen LogP contribution in [0.4, 0.5) is 5.82 Å². The van der Waals surface area contributed by atoms with Gasteiger partial charge in [0.25, 0.3) is 5.91 Å². The molecule has 1 saturated heterocycles. The van der Waals surface area contributed by atoms with Crippen LogP contribution in [0.3, 0.4) is 0 Å². The molecule has 0 radical (unpaired) electrons. The molecule has 10 heteroatoms. The second kappa shape index (κ2) is 8.94. The van der Waals surface area contributed by atoms with Crippen molar-refractivity contribution in [2.45, 2.75) is 25.4 Å². The first-order valence-electron chi connectivity index (χ1n) is 11.8. The Morgan fingerprint density at radius 3 is 2.74 bits per heavy atom. The van der Waals surface area contributed by atoms with E-state index < -0.39 is 6.04 Å². The summed E-state index contributed by atoms with van der Waals surface area (Å²) in [5, 5.41) is 4.14. The molecule has 0 aliphatic carbocycles. The number of amides is 1. The zero-order valence-corrected chi connectivity index (χ0v) is 19.9. The predicted molar refractivity (Wildman–Crippen MR) is 132 cm³/mol. The number of piperazine rings is 1. The number of para-hydroxylation sites is 1. The van der Waals surface area contributed by atoms with E-state index in [9.17, 15) is 9.59 Å². The number of carbonyl (C=O) groups is 2. The zero-order valence-electron chi connectivity index (χ0n) is 19.1. The Kier molecular flexibility index (Phi) is 5.62. The van der Waals surface area contributed by atoms with E-state index in [0.717, 1.165) is 42.0 Å². The molecule has 180 valence electrons. The SMILES string of the molecule is O=C(CC[C@@H]1Nc2c3ccccc3nc(=S)n2C1=O)N1CCN(Cc2ccc3c(c2)OCO3)CC1. The van der Waals surface area contributed by atoms with Crippen molar-refractivity contribution in [3.05, 3.63) is 52.8 Å². The summed E-state index contributed by atoms with van der Waals surface area (Å²) in [6.45, 7) is 4.04. The van der Waals surface area contributed by atoms with E-state index in [1.165, 1.54) is 10.1 Å². The average molecular weight is 492 g/mol. The predicted octanol–water partition coefficient (Wildman–Crippen LogP) is 3.05. The first-order chi connectivity index (χ1) is 17.1. The molecule has 2 aromatic carbocycles. The molecule has 1 amide bonds. The Bertz CT molecular complexity index is 1380. The van der Waals surface area contributed by atoms with Gasteiger partial charge in [-0.1, -0.05) is 18.2 Å². The second-order valence-electron chi connectivity index (χ2n) is 9.01. The number of hydrogen-bond donors (Lipinski definition) is 1. The summed E-state index contributed by atoms with van der Waals surface area (Å²) in [5.74, 6) is 2.17. The van der Waals surface area contributed by atoms with Crippen LogP contribution in [0.5, 0.6) is 11.5 Å². The molecule has 9 nitrogen and oxygen atoms in total. The summed E-state index contributed by atoms with van der Waals surface area (Å²) >= 11 is 5.35. The van der Waals surface area contributed by atoms with Gasteiger partial charge in [0.1, 0.15) is 11.9 Å². The van der Waals surface area contributed by atoms with Crippen LogP contribution >= 0.6 is 12.2 Å². The third kappa shape index (κ3) is 4.12. The summed E-state index contributed by atoms with van der Waals surface area (Å²) in [6.07, 6.45) is 0.720. The van der Waals surface area contributed by atoms with E-state index in [1.807, 2.05) is 41.3 Å². The quantitative estimate of drug-likeness (QED) is 0.545. The molecule has 1 aromatic heterocycles. The highest BCUT2D eigenvalue weighted by Crippen LogP contribution is 2.33. The minimum Gasteiger partial charge on any atom is -0.454 e. The van der Waals surface area contributed by atoms with Gasteiger partial charge >= 0.3 is 0 Å². The Morgan fingerprint density at radius 2 is 1.89 bits per heavy atom. The highest BCUT2D eigenvalue weighted by atomic mass is 32.1. The van der Waals surface area contributed by atoms with E-state index in [2.05, 4.69) is 21.3 Å². The van der Waals surface area contributed by atoms with Crippen molar-refractivity contribution >= 4 is 40.8 Å². The lowest BCUT2D eigenvalue weighted by Gasteiger charge is -2.35. The lowest BCUT2D eigenvalue weighted by atomic mass is 10.1. The summed E-state index contributed by atoms with van der Waals surface area (Å²) in [6, 6.07) is 13.1. The Hall–Kier alpha value is -3.50. The van der Waals surface area contributed by atoms with Crippen LogP contribution < -0.4 is 14.8 Å². The second-order valence-corrected chi connectivity index (χ2v) is 9.38. The normalized spacial score (nSPS) is 19.1. The van der Waals surface area contributed by atoms with E-state index in [0.29, 0.717) is 31.7 Å². The van der Waals surface area contributed by atoms with Gasteiger partial charge in [-0.2, -0.15) is 0 Å². The van der Waals surface area contributed by atoms with Gasteiger partial charge in [-0.25, -0.2) is 9.55 Å². The van der Waals surface area contributed by atoms with Crippen LogP contribution in [0.2, 0.25) is 0 Å². The van der Waals surface area contributed by atoms with E-state index >= 15 is 0 Å². The molecule has 0 saturated carbocycles. The van der Waals surface area contributed by atoms with Crippen molar-refractivity contribution < 1.29 is 19.1 Å². The highest BCUT2D eigenvalue weighted by molar-refractivity contribution is 7.71. The molecule has 3 aromatic rings. The minimum atomic E-state index is -0.486. The number of hydrogen-bond acceptors (Lipinski definition) is 8. The van der Waals surface area contributed by atoms with Gasteiger partial charge in [-0.15, -0.1) is 0 Å². The fraction of sp³-hybridized carbons (Fsp3) is 0.360. The molecule has 1 atom stereocenters. The minimum absolute atomic E-state index is 0.0739. The molecule has 3 aliphatic rings. The van der Waals surface area contributed by atoms with Crippen molar-refractivity contribution in [3.8, 4) is 11.5 Å². The van der Waals surface area contributed by atoms with Crippen molar-refractivity contribution in [1.82, 2.24) is 19.4 Å². The van der Waals surface area contributed by atoms with E-state index in [1.54, 1.807) is 0 Å². The average Bonchev–Trinajstić information content (AvgIpc) is 3.47. The van der Waals surface area contributed by atoms with Crippen LogP contribution in [0, 0.1) is 4.77 Å². The summed E-state index contributed by atoms with van der Waals surface area (Å²) in [7, 11) is 0.